The summed E-state index contributed by atoms with van der Waals surface area (Å²) in [6.07, 6.45) is 1.47. The van der Waals surface area contributed by atoms with E-state index in [9.17, 15) is 10.1 Å². The summed E-state index contributed by atoms with van der Waals surface area (Å²) < 4.78 is 15.7. The molecule has 0 bridgehead atoms. The molecule has 6 nitrogen and oxygen atoms in total. The summed E-state index contributed by atoms with van der Waals surface area (Å²) in [5.41, 5.74) is 6.91. The Morgan fingerprint density at radius 3 is 2.92 bits per heavy atom. The van der Waals surface area contributed by atoms with E-state index in [4.69, 9.17) is 19.9 Å². The molecule has 0 saturated carbocycles. The minimum Gasteiger partial charge on any atom is -0.497 e. The number of nitriles is 1. The highest BCUT2D eigenvalue weighted by atomic mass is 16.5. The molecular weight excluding hydrogens is 308 g/mol. The van der Waals surface area contributed by atoms with Gasteiger partial charge in [0.25, 0.3) is 0 Å². The van der Waals surface area contributed by atoms with Crippen LogP contribution in [0.3, 0.4) is 0 Å². The van der Waals surface area contributed by atoms with E-state index in [0.717, 1.165) is 0 Å². The maximum atomic E-state index is 12.5. The molecule has 2 rings (SSSR count). The molecule has 124 valence electrons. The summed E-state index contributed by atoms with van der Waals surface area (Å²) in [7, 11) is 1.54. The van der Waals surface area contributed by atoms with Gasteiger partial charge in [-0.25, -0.2) is 4.79 Å². The van der Waals surface area contributed by atoms with E-state index in [2.05, 4.69) is 6.58 Å². The first kappa shape index (κ1) is 17.2. The Bertz CT molecular complexity index is 771. The highest BCUT2D eigenvalue weighted by Gasteiger charge is 2.36. The van der Waals surface area contributed by atoms with Crippen molar-refractivity contribution < 1.29 is 19.0 Å². The summed E-state index contributed by atoms with van der Waals surface area (Å²) in [6, 6.07) is 9.11. The van der Waals surface area contributed by atoms with Gasteiger partial charge in [0.1, 0.15) is 29.8 Å². The second-order valence-electron chi connectivity index (χ2n) is 5.06. The Labute approximate surface area is 140 Å². The third-order valence-electron chi connectivity index (χ3n) is 3.58. The second kappa shape index (κ2) is 7.38. The number of ether oxygens (including phenoxy) is 3. The lowest BCUT2D eigenvalue weighted by atomic mass is 9.83. The molecule has 1 aromatic carbocycles. The van der Waals surface area contributed by atoms with E-state index in [1.54, 1.807) is 38.3 Å². The number of nitrogens with zero attached hydrogens (tertiary/aromatic N) is 1. The smallest absolute Gasteiger partial charge is 0.338 e. The van der Waals surface area contributed by atoms with Crippen molar-refractivity contribution >= 4 is 5.97 Å². The molecule has 1 aliphatic heterocycles. The Balaban J connectivity index is 2.57. The van der Waals surface area contributed by atoms with Gasteiger partial charge in [0, 0.05) is 0 Å². The molecule has 24 heavy (non-hydrogen) atoms. The summed E-state index contributed by atoms with van der Waals surface area (Å²) in [4.78, 5) is 12.5. The standard InChI is InChI=1S/C18H18N2O4/c1-4-8-23-18(21)15-11(2)24-17(20)14(10-19)16(15)12-6-5-7-13(9-12)22-3/h4-7,9,16H,1,8,20H2,2-3H3/t16-/m1/s1. The normalized spacial score (nSPS) is 17.0. The van der Waals surface area contributed by atoms with Gasteiger partial charge < -0.3 is 19.9 Å². The molecule has 0 unspecified atom stereocenters. The molecule has 0 aromatic heterocycles. The van der Waals surface area contributed by atoms with E-state index < -0.39 is 11.9 Å². The van der Waals surface area contributed by atoms with Crippen molar-refractivity contribution in [2.45, 2.75) is 12.8 Å². The van der Waals surface area contributed by atoms with Crippen LogP contribution >= 0.6 is 0 Å². The summed E-state index contributed by atoms with van der Waals surface area (Å²) in [6.45, 7) is 5.18. The number of carbonyl (C=O) groups excluding carboxylic acids is 1. The van der Waals surface area contributed by atoms with Gasteiger partial charge in [-0.05, 0) is 24.6 Å². The van der Waals surface area contributed by atoms with Crippen molar-refractivity contribution in [1.29, 1.82) is 5.26 Å². The fourth-order valence-corrected chi connectivity index (χ4v) is 2.51. The number of hydrogen-bond acceptors (Lipinski definition) is 6. The molecule has 0 saturated heterocycles. The molecule has 1 aromatic rings. The highest BCUT2D eigenvalue weighted by molar-refractivity contribution is 5.92. The lowest BCUT2D eigenvalue weighted by Gasteiger charge is -2.27. The monoisotopic (exact) mass is 326 g/mol. The van der Waals surface area contributed by atoms with Gasteiger partial charge in [0.15, 0.2) is 0 Å². The lowest BCUT2D eigenvalue weighted by molar-refractivity contribution is -0.138. The number of allylic oxidation sites excluding steroid dienone is 2. The van der Waals surface area contributed by atoms with E-state index in [0.29, 0.717) is 17.1 Å². The van der Waals surface area contributed by atoms with Gasteiger partial charge in [-0.1, -0.05) is 24.8 Å². The van der Waals surface area contributed by atoms with Crippen LogP contribution in [0.15, 0.2) is 59.7 Å². The molecule has 2 N–H and O–H groups in total. The summed E-state index contributed by atoms with van der Waals surface area (Å²) in [5, 5.41) is 9.49. The van der Waals surface area contributed by atoms with E-state index >= 15 is 0 Å². The number of nitrogens with two attached hydrogens (primary N) is 1. The highest BCUT2D eigenvalue weighted by Crippen LogP contribution is 2.40. The van der Waals surface area contributed by atoms with Crippen LogP contribution in [-0.2, 0) is 14.3 Å². The topological polar surface area (TPSA) is 94.6 Å². The second-order valence-corrected chi connectivity index (χ2v) is 5.06. The van der Waals surface area contributed by atoms with Gasteiger partial charge in [0.05, 0.1) is 18.6 Å². The SMILES string of the molecule is C=CCOC(=O)C1=C(C)OC(N)=C(C#N)[C@H]1c1cccc(OC)c1. The average Bonchev–Trinajstić information content (AvgIpc) is 2.59. The number of rotatable bonds is 5. The first-order valence-corrected chi connectivity index (χ1v) is 7.23. The lowest BCUT2D eigenvalue weighted by Crippen LogP contribution is -2.25. The Morgan fingerprint density at radius 1 is 1.54 bits per heavy atom. The van der Waals surface area contributed by atoms with E-state index in [1.807, 2.05) is 6.07 Å². The maximum absolute atomic E-state index is 12.5. The number of hydrogen-bond donors (Lipinski definition) is 1. The van der Waals surface area contributed by atoms with Gasteiger partial charge in [-0.3, -0.25) is 0 Å². The van der Waals surface area contributed by atoms with Crippen LogP contribution in [0, 0.1) is 11.3 Å². The predicted molar refractivity (Wildman–Crippen MR) is 87.5 cm³/mol. The molecule has 1 atom stereocenters. The molecule has 6 heteroatoms. The largest absolute Gasteiger partial charge is 0.497 e. The zero-order chi connectivity index (χ0) is 17.7. The van der Waals surface area contributed by atoms with Gasteiger partial charge >= 0.3 is 5.97 Å². The molecule has 0 fully saturated rings. The van der Waals surface area contributed by atoms with Crippen molar-refractivity contribution in [3.63, 3.8) is 0 Å². The first-order valence-electron chi connectivity index (χ1n) is 7.23. The van der Waals surface area contributed by atoms with Crippen LogP contribution in [0.25, 0.3) is 0 Å². The van der Waals surface area contributed by atoms with Crippen molar-refractivity contribution in [2.24, 2.45) is 5.73 Å². The molecule has 0 spiro atoms. The summed E-state index contributed by atoms with van der Waals surface area (Å²) >= 11 is 0. The zero-order valence-corrected chi connectivity index (χ0v) is 13.5. The minimum atomic E-state index is -0.684. The van der Waals surface area contributed by atoms with Crippen molar-refractivity contribution in [3.8, 4) is 11.8 Å². The van der Waals surface area contributed by atoms with Crippen molar-refractivity contribution in [1.82, 2.24) is 0 Å². The molecule has 0 aliphatic carbocycles. The fraction of sp³-hybridized carbons (Fsp3) is 0.222. The molecule has 1 aliphatic rings. The van der Waals surface area contributed by atoms with Crippen molar-refractivity contribution in [2.75, 3.05) is 13.7 Å². The Hall–Kier alpha value is -3.20. The number of methoxy groups -OCH3 is 1. The van der Waals surface area contributed by atoms with Crippen LogP contribution in [0.5, 0.6) is 5.75 Å². The Kier molecular flexibility index (Phi) is 5.27. The van der Waals surface area contributed by atoms with Crippen LogP contribution in [0.2, 0.25) is 0 Å². The average molecular weight is 326 g/mol. The third kappa shape index (κ3) is 3.25. The van der Waals surface area contributed by atoms with Crippen LogP contribution in [0.4, 0.5) is 0 Å². The van der Waals surface area contributed by atoms with Crippen molar-refractivity contribution in [3.05, 3.63) is 65.3 Å². The molecular formula is C18H18N2O4. The van der Waals surface area contributed by atoms with E-state index in [1.165, 1.54) is 6.08 Å². The molecule has 0 amide bonds. The van der Waals surface area contributed by atoms with E-state index in [-0.39, 0.29) is 23.6 Å². The number of carbonyl (C=O) groups is 1. The van der Waals surface area contributed by atoms with Gasteiger partial charge in [-0.15, -0.1) is 0 Å². The minimum absolute atomic E-state index is 0.0249. The van der Waals surface area contributed by atoms with Crippen LogP contribution in [-0.4, -0.2) is 19.7 Å². The third-order valence-corrected chi connectivity index (χ3v) is 3.58. The molecule has 1 heterocycles. The van der Waals surface area contributed by atoms with Crippen LogP contribution < -0.4 is 10.5 Å². The fourth-order valence-electron chi connectivity index (χ4n) is 2.51. The van der Waals surface area contributed by atoms with Gasteiger partial charge in [0.2, 0.25) is 5.88 Å². The summed E-state index contributed by atoms with van der Waals surface area (Å²) in [5.74, 6) is -0.389. The predicted octanol–water partition coefficient (Wildman–Crippen LogP) is 2.51. The quantitative estimate of drug-likeness (QED) is 0.660. The van der Waals surface area contributed by atoms with Gasteiger partial charge in [-0.2, -0.15) is 5.26 Å². The molecule has 0 radical (unpaired) electrons. The first-order chi connectivity index (χ1) is 11.5. The Morgan fingerprint density at radius 2 is 2.29 bits per heavy atom. The number of benzene rings is 1. The van der Waals surface area contributed by atoms with Crippen LogP contribution in [0.1, 0.15) is 18.4 Å². The number of esters is 1. The zero-order valence-electron chi connectivity index (χ0n) is 13.5. The maximum Gasteiger partial charge on any atom is 0.338 e.